The highest BCUT2D eigenvalue weighted by Crippen LogP contribution is 2.32. The number of benzene rings is 2. The Morgan fingerprint density at radius 2 is 1.69 bits per heavy atom. The summed E-state index contributed by atoms with van der Waals surface area (Å²) in [5.74, 6) is -0.169. The van der Waals surface area contributed by atoms with Crippen molar-refractivity contribution in [3.63, 3.8) is 0 Å². The van der Waals surface area contributed by atoms with Crippen molar-refractivity contribution in [1.29, 1.82) is 0 Å². The molecule has 1 aliphatic heterocycles. The summed E-state index contributed by atoms with van der Waals surface area (Å²) in [6.07, 6.45) is 5.07. The smallest absolute Gasteiger partial charge is 0.326 e. The van der Waals surface area contributed by atoms with Gasteiger partial charge in [-0.1, -0.05) is 79.9 Å². The SMILES string of the molecule is O=C(c1[nH]c(=O)n(CC2(O)CCCCC2)c1-c1ccccc1)N1CCNCC1Cc1ccccc1. The Morgan fingerprint density at radius 3 is 2.40 bits per heavy atom. The molecule has 3 aromatic rings. The van der Waals surface area contributed by atoms with Crippen molar-refractivity contribution < 1.29 is 9.90 Å². The number of carbonyl (C=O) groups is 1. The molecule has 0 spiro atoms. The minimum atomic E-state index is -0.932. The van der Waals surface area contributed by atoms with Crippen molar-refractivity contribution in [2.75, 3.05) is 19.6 Å². The van der Waals surface area contributed by atoms with Crippen molar-refractivity contribution >= 4 is 5.91 Å². The third-order valence-electron chi connectivity index (χ3n) is 7.41. The number of nitrogens with one attached hydrogen (secondary N) is 2. The lowest BCUT2D eigenvalue weighted by Gasteiger charge is -2.36. The van der Waals surface area contributed by atoms with Crippen molar-refractivity contribution in [3.8, 4) is 11.3 Å². The number of amides is 1. The maximum absolute atomic E-state index is 14.0. The summed E-state index contributed by atoms with van der Waals surface area (Å²) in [7, 11) is 0. The molecule has 5 rings (SSSR count). The third kappa shape index (κ3) is 5.11. The number of H-pyrrole nitrogens is 1. The maximum Gasteiger partial charge on any atom is 0.326 e. The Kier molecular flexibility index (Phi) is 6.88. The van der Waals surface area contributed by atoms with Crippen LogP contribution in [0.3, 0.4) is 0 Å². The lowest BCUT2D eigenvalue weighted by Crippen LogP contribution is -2.54. The van der Waals surface area contributed by atoms with Gasteiger partial charge in [-0.2, -0.15) is 0 Å². The average Bonchev–Trinajstić information content (AvgIpc) is 3.20. The third-order valence-corrected chi connectivity index (χ3v) is 7.41. The molecule has 2 heterocycles. The van der Waals surface area contributed by atoms with Crippen LogP contribution in [0.15, 0.2) is 65.5 Å². The van der Waals surface area contributed by atoms with Crippen LogP contribution in [0.4, 0.5) is 0 Å². The van der Waals surface area contributed by atoms with Crippen LogP contribution in [0, 0.1) is 0 Å². The summed E-state index contributed by atoms with van der Waals surface area (Å²) in [6.45, 7) is 2.17. The van der Waals surface area contributed by atoms with Crippen LogP contribution in [0.25, 0.3) is 11.3 Å². The predicted molar refractivity (Wildman–Crippen MR) is 136 cm³/mol. The number of carbonyl (C=O) groups excluding carboxylic acids is 1. The van der Waals surface area contributed by atoms with Gasteiger partial charge in [0.15, 0.2) is 0 Å². The minimum Gasteiger partial charge on any atom is -0.388 e. The highest BCUT2D eigenvalue weighted by Gasteiger charge is 2.35. The quantitative estimate of drug-likeness (QED) is 0.512. The number of imidazole rings is 1. The Hall–Kier alpha value is -3.16. The van der Waals surface area contributed by atoms with E-state index in [1.807, 2.05) is 53.4 Å². The fraction of sp³-hybridized carbons (Fsp3) is 0.429. The van der Waals surface area contributed by atoms with Gasteiger partial charge in [0.2, 0.25) is 0 Å². The lowest BCUT2D eigenvalue weighted by molar-refractivity contribution is -0.0118. The molecule has 1 aromatic heterocycles. The second-order valence-corrected chi connectivity index (χ2v) is 9.94. The first-order valence-corrected chi connectivity index (χ1v) is 12.7. The summed E-state index contributed by atoms with van der Waals surface area (Å²) in [4.78, 5) is 32.0. The van der Waals surface area contributed by atoms with E-state index in [4.69, 9.17) is 0 Å². The minimum absolute atomic E-state index is 0.0170. The highest BCUT2D eigenvalue weighted by molar-refractivity contribution is 5.98. The molecule has 1 saturated heterocycles. The largest absolute Gasteiger partial charge is 0.388 e. The number of piperazine rings is 1. The summed E-state index contributed by atoms with van der Waals surface area (Å²) < 4.78 is 1.59. The summed E-state index contributed by atoms with van der Waals surface area (Å²) in [5, 5.41) is 14.7. The molecule has 1 aliphatic carbocycles. The molecular weight excluding hydrogens is 440 g/mol. The molecule has 3 N–H and O–H groups in total. The Labute approximate surface area is 205 Å². The fourth-order valence-corrected chi connectivity index (χ4v) is 5.57. The first-order valence-electron chi connectivity index (χ1n) is 12.7. The van der Waals surface area contributed by atoms with Crippen LogP contribution in [-0.4, -0.2) is 56.7 Å². The molecule has 1 atom stereocenters. The standard InChI is InChI=1S/C28H34N4O3/c33-26(31-17-16-29-19-23(31)18-21-10-4-1-5-11-21)24-25(22-12-6-2-7-13-22)32(27(34)30-24)20-28(35)14-8-3-9-15-28/h1-2,4-7,10-13,23,29,35H,3,8-9,14-20H2,(H,30,34). The van der Waals surface area contributed by atoms with E-state index in [9.17, 15) is 14.7 Å². The van der Waals surface area contributed by atoms with Crippen LogP contribution in [-0.2, 0) is 13.0 Å². The van der Waals surface area contributed by atoms with Crippen molar-refractivity contribution in [2.45, 2.75) is 56.7 Å². The zero-order chi connectivity index (χ0) is 24.3. The molecule has 2 aliphatic rings. The van der Waals surface area contributed by atoms with Crippen molar-refractivity contribution in [3.05, 3.63) is 82.4 Å². The van der Waals surface area contributed by atoms with E-state index in [1.165, 1.54) is 5.56 Å². The average molecular weight is 475 g/mol. The molecule has 0 bridgehead atoms. The molecule has 7 nitrogen and oxygen atoms in total. The van der Waals surface area contributed by atoms with Gasteiger partial charge in [-0.3, -0.25) is 9.36 Å². The topological polar surface area (TPSA) is 90.4 Å². The Balaban J connectivity index is 1.52. The zero-order valence-corrected chi connectivity index (χ0v) is 20.1. The first-order chi connectivity index (χ1) is 17.0. The Bertz CT molecular complexity index is 1200. The first kappa shape index (κ1) is 23.6. The van der Waals surface area contributed by atoms with Crippen molar-refractivity contribution in [2.24, 2.45) is 0 Å². The lowest BCUT2D eigenvalue weighted by atomic mass is 9.84. The van der Waals surface area contributed by atoms with Gasteiger partial charge in [-0.25, -0.2) is 4.79 Å². The highest BCUT2D eigenvalue weighted by atomic mass is 16.3. The van der Waals surface area contributed by atoms with Crippen molar-refractivity contribution in [1.82, 2.24) is 19.8 Å². The van der Waals surface area contributed by atoms with E-state index in [0.29, 0.717) is 43.9 Å². The number of rotatable bonds is 6. The van der Waals surface area contributed by atoms with E-state index in [0.717, 1.165) is 31.2 Å². The van der Waals surface area contributed by atoms with Gasteiger partial charge < -0.3 is 20.3 Å². The number of nitrogens with zero attached hydrogens (tertiary/aromatic N) is 2. The summed E-state index contributed by atoms with van der Waals surface area (Å²) in [6, 6.07) is 19.7. The second-order valence-electron chi connectivity index (χ2n) is 9.94. The number of aliphatic hydroxyl groups is 1. The van der Waals surface area contributed by atoms with E-state index in [1.54, 1.807) is 4.57 Å². The second kappa shape index (κ2) is 10.2. The summed E-state index contributed by atoms with van der Waals surface area (Å²) >= 11 is 0. The van der Waals surface area contributed by atoms with Gasteiger partial charge in [0, 0.05) is 31.2 Å². The van der Waals surface area contributed by atoms with Crippen LogP contribution in [0.5, 0.6) is 0 Å². The molecule has 1 saturated carbocycles. The molecule has 2 fully saturated rings. The molecule has 184 valence electrons. The molecular formula is C28H34N4O3. The number of hydrogen-bond donors (Lipinski definition) is 3. The van der Waals surface area contributed by atoms with E-state index in [-0.39, 0.29) is 24.2 Å². The van der Waals surface area contributed by atoms with E-state index < -0.39 is 5.60 Å². The van der Waals surface area contributed by atoms with E-state index in [2.05, 4.69) is 22.4 Å². The van der Waals surface area contributed by atoms with Gasteiger partial charge in [-0.05, 0) is 24.8 Å². The Morgan fingerprint density at radius 1 is 1.00 bits per heavy atom. The van der Waals surface area contributed by atoms with Gasteiger partial charge in [0.1, 0.15) is 5.69 Å². The van der Waals surface area contributed by atoms with Gasteiger partial charge in [0.05, 0.1) is 17.8 Å². The fourth-order valence-electron chi connectivity index (χ4n) is 5.57. The number of aromatic amines is 1. The molecule has 2 aromatic carbocycles. The van der Waals surface area contributed by atoms with Gasteiger partial charge in [0.25, 0.3) is 5.91 Å². The number of aromatic nitrogens is 2. The van der Waals surface area contributed by atoms with Crippen LogP contribution >= 0.6 is 0 Å². The predicted octanol–water partition coefficient (Wildman–Crippen LogP) is 3.20. The molecule has 7 heteroatoms. The number of hydrogen-bond acceptors (Lipinski definition) is 4. The monoisotopic (exact) mass is 474 g/mol. The van der Waals surface area contributed by atoms with E-state index >= 15 is 0 Å². The van der Waals surface area contributed by atoms with Crippen LogP contribution in [0.1, 0.15) is 48.2 Å². The molecule has 1 amide bonds. The molecule has 0 radical (unpaired) electrons. The van der Waals surface area contributed by atoms with Gasteiger partial charge >= 0.3 is 5.69 Å². The maximum atomic E-state index is 14.0. The molecule has 35 heavy (non-hydrogen) atoms. The zero-order valence-electron chi connectivity index (χ0n) is 20.1. The summed E-state index contributed by atoms with van der Waals surface area (Å²) in [5.41, 5.74) is 1.56. The van der Waals surface area contributed by atoms with Crippen LogP contribution < -0.4 is 11.0 Å². The normalized spacial score (nSPS) is 20.0. The molecule has 1 unspecified atom stereocenters. The van der Waals surface area contributed by atoms with Crippen LogP contribution in [0.2, 0.25) is 0 Å². The van der Waals surface area contributed by atoms with Gasteiger partial charge in [-0.15, -0.1) is 0 Å².